The quantitative estimate of drug-likeness (QED) is 0.296. The molecular formula is C28H29ClN6O4. The summed E-state index contributed by atoms with van der Waals surface area (Å²) in [6.45, 7) is 6.06. The molecule has 0 spiro atoms. The van der Waals surface area contributed by atoms with Crippen LogP contribution in [0.15, 0.2) is 42.5 Å². The number of hydrogen-bond acceptors (Lipinski definition) is 7. The van der Waals surface area contributed by atoms with Gasteiger partial charge in [-0.05, 0) is 56.5 Å². The lowest BCUT2D eigenvalue weighted by atomic mass is 9.76. The molecule has 0 saturated carbocycles. The van der Waals surface area contributed by atoms with Gasteiger partial charge in [-0.3, -0.25) is 14.3 Å². The molecule has 3 heterocycles. The van der Waals surface area contributed by atoms with Crippen LogP contribution in [0, 0.1) is 5.41 Å². The molecule has 0 fully saturated rings. The van der Waals surface area contributed by atoms with Gasteiger partial charge in [0.2, 0.25) is 5.91 Å². The second kappa shape index (κ2) is 9.62. The lowest BCUT2D eigenvalue weighted by molar-refractivity contribution is -0.146. The van der Waals surface area contributed by atoms with E-state index in [9.17, 15) is 14.7 Å². The summed E-state index contributed by atoms with van der Waals surface area (Å²) in [5, 5.41) is 18.5. The van der Waals surface area contributed by atoms with Crippen molar-refractivity contribution >= 4 is 46.0 Å². The van der Waals surface area contributed by atoms with Crippen molar-refractivity contribution in [1.82, 2.24) is 19.7 Å². The number of anilines is 2. The molecule has 1 atom stereocenters. The van der Waals surface area contributed by atoms with Gasteiger partial charge < -0.3 is 20.9 Å². The number of carboxylic acid groups (broad SMARTS) is 1. The van der Waals surface area contributed by atoms with Crippen molar-refractivity contribution < 1.29 is 19.4 Å². The monoisotopic (exact) mass is 548 g/mol. The fraction of sp³-hybridized carbons (Fsp3) is 0.321. The summed E-state index contributed by atoms with van der Waals surface area (Å²) in [6, 6.07) is 12.8. The average Bonchev–Trinajstić information content (AvgIpc) is 3.37. The molecule has 4 N–H and O–H groups in total. The zero-order valence-corrected chi connectivity index (χ0v) is 22.8. The Morgan fingerprint density at radius 2 is 2.00 bits per heavy atom. The average molecular weight is 549 g/mol. The molecule has 10 nitrogen and oxygen atoms in total. The normalized spacial score (nSPS) is 16.9. The number of aromatic nitrogens is 4. The Bertz CT molecular complexity index is 1630. The van der Waals surface area contributed by atoms with Crippen LogP contribution in [0.1, 0.15) is 37.5 Å². The van der Waals surface area contributed by atoms with Crippen molar-refractivity contribution in [3.05, 3.63) is 64.2 Å². The van der Waals surface area contributed by atoms with Crippen LogP contribution in [-0.2, 0) is 32.7 Å². The molecule has 0 saturated heterocycles. The maximum atomic E-state index is 13.5. The van der Waals surface area contributed by atoms with Crippen molar-refractivity contribution in [2.75, 3.05) is 24.8 Å². The van der Waals surface area contributed by atoms with Crippen LogP contribution in [0.2, 0.25) is 5.02 Å². The van der Waals surface area contributed by atoms with E-state index in [0.29, 0.717) is 47.2 Å². The van der Waals surface area contributed by atoms with E-state index in [1.54, 1.807) is 38.6 Å². The number of ether oxygens (including phenoxy) is 1. The van der Waals surface area contributed by atoms with Crippen LogP contribution in [0.3, 0.4) is 0 Å². The van der Waals surface area contributed by atoms with Gasteiger partial charge in [-0.25, -0.2) is 9.97 Å². The molecule has 202 valence electrons. The first-order valence-electron chi connectivity index (χ1n) is 12.4. The predicted molar refractivity (Wildman–Crippen MR) is 149 cm³/mol. The number of benzene rings is 2. The maximum absolute atomic E-state index is 13.5. The van der Waals surface area contributed by atoms with Crippen molar-refractivity contribution in [2.45, 2.75) is 39.2 Å². The van der Waals surface area contributed by atoms with E-state index in [1.165, 1.54) is 0 Å². The zero-order valence-electron chi connectivity index (χ0n) is 22.1. The SMILES string of the molecule is COCCn1nc(-c2nc(N)c3c(n2)NC(=O)C3(C)c2cccc(CC(C)(C)C(=O)O)c2)c2ccc(Cl)cc21. The Morgan fingerprint density at radius 3 is 2.72 bits per heavy atom. The number of carbonyl (C=O) groups excluding carboxylic acids is 1. The maximum Gasteiger partial charge on any atom is 0.309 e. The van der Waals surface area contributed by atoms with Crippen molar-refractivity contribution in [1.29, 1.82) is 0 Å². The minimum absolute atomic E-state index is 0.153. The highest BCUT2D eigenvalue weighted by molar-refractivity contribution is 6.31. The molecule has 0 aliphatic carbocycles. The van der Waals surface area contributed by atoms with Crippen LogP contribution in [0.25, 0.3) is 22.4 Å². The summed E-state index contributed by atoms with van der Waals surface area (Å²) in [6.07, 6.45) is 0.300. The van der Waals surface area contributed by atoms with Gasteiger partial charge in [0.25, 0.3) is 0 Å². The number of amides is 1. The number of nitrogens with one attached hydrogen (secondary N) is 1. The van der Waals surface area contributed by atoms with E-state index in [0.717, 1.165) is 16.5 Å². The van der Waals surface area contributed by atoms with E-state index in [-0.39, 0.29) is 17.5 Å². The van der Waals surface area contributed by atoms with Crippen LogP contribution in [0.4, 0.5) is 11.6 Å². The number of fused-ring (bicyclic) bond motifs is 2. The zero-order chi connectivity index (χ0) is 28.1. The summed E-state index contributed by atoms with van der Waals surface area (Å²) in [7, 11) is 1.62. The van der Waals surface area contributed by atoms with Crippen molar-refractivity contribution in [3.63, 3.8) is 0 Å². The van der Waals surface area contributed by atoms with Gasteiger partial charge >= 0.3 is 5.97 Å². The largest absolute Gasteiger partial charge is 0.481 e. The van der Waals surface area contributed by atoms with Crippen LogP contribution in [0.5, 0.6) is 0 Å². The van der Waals surface area contributed by atoms with Gasteiger partial charge in [0, 0.05) is 17.5 Å². The van der Waals surface area contributed by atoms with Gasteiger partial charge in [0.1, 0.15) is 22.7 Å². The molecule has 1 amide bonds. The number of nitrogens with two attached hydrogens (primary N) is 1. The molecular weight excluding hydrogens is 520 g/mol. The Morgan fingerprint density at radius 1 is 1.23 bits per heavy atom. The summed E-state index contributed by atoms with van der Waals surface area (Å²) < 4.78 is 7.00. The van der Waals surface area contributed by atoms with Gasteiger partial charge in [-0.1, -0.05) is 35.9 Å². The molecule has 11 heteroatoms. The summed E-state index contributed by atoms with van der Waals surface area (Å²) in [4.78, 5) is 34.4. The standard InChI is InChI=1S/C28H29ClN6O4/c1-27(2,26(37)38)14-15-6-5-7-16(12-15)28(3)20-22(30)31-24(32-23(20)33-25(28)36)21-18-9-8-17(29)13-19(18)35(34-21)10-11-39-4/h5-9,12-13H,10-11,14H2,1-4H3,(H,37,38)(H3,30,31,32,33,36). The van der Waals surface area contributed by atoms with E-state index in [2.05, 4.69) is 15.3 Å². The smallest absolute Gasteiger partial charge is 0.309 e. The topological polar surface area (TPSA) is 145 Å². The third kappa shape index (κ3) is 4.49. The van der Waals surface area contributed by atoms with Crippen LogP contribution in [-0.4, -0.2) is 50.4 Å². The molecule has 1 unspecified atom stereocenters. The highest BCUT2D eigenvalue weighted by Crippen LogP contribution is 2.45. The Balaban J connectivity index is 1.59. The number of methoxy groups -OCH3 is 1. The van der Waals surface area contributed by atoms with Crippen molar-refractivity contribution in [3.8, 4) is 11.5 Å². The lowest BCUT2D eigenvalue weighted by Gasteiger charge is -2.25. The first-order valence-corrected chi connectivity index (χ1v) is 12.8. The van der Waals surface area contributed by atoms with E-state index in [4.69, 9.17) is 27.2 Å². The molecule has 4 aromatic rings. The number of nitrogens with zero attached hydrogens (tertiary/aromatic N) is 4. The molecule has 2 aromatic heterocycles. The van der Waals surface area contributed by atoms with Gasteiger partial charge in [0.05, 0.1) is 29.6 Å². The number of carbonyl (C=O) groups is 2. The highest BCUT2D eigenvalue weighted by Gasteiger charge is 2.48. The van der Waals surface area contributed by atoms with Gasteiger partial charge in [-0.2, -0.15) is 5.10 Å². The fourth-order valence-electron chi connectivity index (χ4n) is 5.03. The summed E-state index contributed by atoms with van der Waals surface area (Å²) >= 11 is 6.25. The number of rotatable bonds is 8. The predicted octanol–water partition coefficient (Wildman–Crippen LogP) is 4.29. The summed E-state index contributed by atoms with van der Waals surface area (Å²) in [5.74, 6) is -0.452. The second-order valence-corrected chi connectivity index (χ2v) is 11.0. The Kier molecular flexibility index (Phi) is 6.56. The molecule has 1 aliphatic rings. The first-order chi connectivity index (χ1) is 18.5. The van der Waals surface area contributed by atoms with E-state index >= 15 is 0 Å². The molecule has 0 radical (unpaired) electrons. The third-order valence-corrected chi connectivity index (χ3v) is 7.52. The highest BCUT2D eigenvalue weighted by atomic mass is 35.5. The number of nitrogen functional groups attached to an aromatic ring is 1. The number of hydrogen-bond donors (Lipinski definition) is 3. The molecule has 1 aliphatic heterocycles. The lowest BCUT2D eigenvalue weighted by Crippen LogP contribution is -2.33. The number of halogens is 1. The minimum atomic E-state index is -1.17. The molecule has 5 rings (SSSR count). The molecule has 39 heavy (non-hydrogen) atoms. The third-order valence-electron chi connectivity index (χ3n) is 7.29. The minimum Gasteiger partial charge on any atom is -0.481 e. The molecule has 2 aromatic carbocycles. The summed E-state index contributed by atoms with van der Waals surface area (Å²) in [5.41, 5.74) is 7.63. The van der Waals surface area contributed by atoms with Gasteiger partial charge in [-0.15, -0.1) is 0 Å². The Labute approximate surface area is 230 Å². The Hall–Kier alpha value is -4.02. The number of aliphatic carboxylic acids is 1. The van der Waals surface area contributed by atoms with Gasteiger partial charge in [0.15, 0.2) is 5.82 Å². The molecule has 0 bridgehead atoms. The second-order valence-electron chi connectivity index (χ2n) is 10.5. The number of carboxylic acids is 1. The van der Waals surface area contributed by atoms with Crippen molar-refractivity contribution in [2.24, 2.45) is 5.41 Å². The fourth-order valence-corrected chi connectivity index (χ4v) is 5.19. The van der Waals surface area contributed by atoms with Crippen LogP contribution >= 0.6 is 11.6 Å². The van der Waals surface area contributed by atoms with Crippen LogP contribution < -0.4 is 11.1 Å². The first kappa shape index (κ1) is 26.6. The van der Waals surface area contributed by atoms with E-state index in [1.807, 2.05) is 36.4 Å². The van der Waals surface area contributed by atoms with E-state index < -0.39 is 16.8 Å².